The van der Waals surface area contributed by atoms with Gasteiger partial charge >= 0.3 is 0 Å². The molecule has 1 fully saturated rings. The molecule has 3 aromatic carbocycles. The van der Waals surface area contributed by atoms with Crippen LogP contribution in [0.4, 0.5) is 0 Å². The van der Waals surface area contributed by atoms with Crippen LogP contribution in [0.1, 0.15) is 35.6 Å². The number of likely N-dealkylation sites (tertiary alicyclic amines) is 1. The van der Waals surface area contributed by atoms with E-state index in [-0.39, 0.29) is 0 Å². The second-order valence-corrected chi connectivity index (χ2v) is 8.10. The highest BCUT2D eigenvalue weighted by Crippen LogP contribution is 2.32. The van der Waals surface area contributed by atoms with E-state index in [0.717, 1.165) is 25.4 Å². The first-order valence-corrected chi connectivity index (χ1v) is 11.2. The monoisotopic (exact) mass is 412 g/mol. The molecule has 0 bridgehead atoms. The minimum atomic E-state index is 0.352. The SMILES string of the molecule is COc1ccccc1CNC1CCCN(CC=Cc2ccccc2)C1c1ccccc1. The van der Waals surface area contributed by atoms with Crippen LogP contribution in [0.3, 0.4) is 0 Å². The van der Waals surface area contributed by atoms with Gasteiger partial charge in [0.2, 0.25) is 0 Å². The Bertz CT molecular complexity index is 955. The first-order valence-electron chi connectivity index (χ1n) is 11.2. The number of rotatable bonds is 8. The molecule has 3 aromatic rings. The molecule has 3 heteroatoms. The Hall–Kier alpha value is -2.88. The second kappa shape index (κ2) is 10.9. The van der Waals surface area contributed by atoms with Crippen LogP contribution in [0.25, 0.3) is 6.08 Å². The lowest BCUT2D eigenvalue weighted by Crippen LogP contribution is -2.48. The third-order valence-corrected chi connectivity index (χ3v) is 6.07. The molecule has 2 atom stereocenters. The van der Waals surface area contributed by atoms with E-state index >= 15 is 0 Å². The van der Waals surface area contributed by atoms with E-state index in [2.05, 4.69) is 95.2 Å². The first-order chi connectivity index (χ1) is 15.3. The quantitative estimate of drug-likeness (QED) is 0.513. The Kier molecular flexibility index (Phi) is 7.54. The van der Waals surface area contributed by atoms with Crippen LogP contribution < -0.4 is 10.1 Å². The zero-order valence-corrected chi connectivity index (χ0v) is 18.3. The van der Waals surface area contributed by atoms with E-state index < -0.39 is 0 Å². The van der Waals surface area contributed by atoms with Crippen LogP contribution >= 0.6 is 0 Å². The van der Waals surface area contributed by atoms with Gasteiger partial charge in [0.05, 0.1) is 13.2 Å². The molecule has 0 amide bonds. The van der Waals surface area contributed by atoms with Gasteiger partial charge in [-0.2, -0.15) is 0 Å². The Morgan fingerprint density at radius 1 is 0.935 bits per heavy atom. The molecule has 3 nitrogen and oxygen atoms in total. The molecule has 1 saturated heterocycles. The van der Waals surface area contributed by atoms with Gasteiger partial charge in [-0.3, -0.25) is 4.90 Å². The van der Waals surface area contributed by atoms with Gasteiger partial charge in [-0.1, -0.05) is 91.0 Å². The predicted molar refractivity (Wildman–Crippen MR) is 129 cm³/mol. The normalized spacial score (nSPS) is 19.5. The highest BCUT2D eigenvalue weighted by molar-refractivity contribution is 5.48. The van der Waals surface area contributed by atoms with E-state index in [1.807, 2.05) is 12.1 Å². The summed E-state index contributed by atoms with van der Waals surface area (Å²) in [6.07, 6.45) is 6.90. The van der Waals surface area contributed by atoms with Gasteiger partial charge in [-0.15, -0.1) is 0 Å². The summed E-state index contributed by atoms with van der Waals surface area (Å²) >= 11 is 0. The molecule has 31 heavy (non-hydrogen) atoms. The fourth-order valence-corrected chi connectivity index (χ4v) is 4.56. The molecule has 0 aromatic heterocycles. The van der Waals surface area contributed by atoms with E-state index in [1.54, 1.807) is 7.11 Å². The van der Waals surface area contributed by atoms with Gasteiger partial charge in [0.25, 0.3) is 0 Å². The van der Waals surface area contributed by atoms with Gasteiger partial charge in [-0.25, -0.2) is 0 Å². The van der Waals surface area contributed by atoms with Crippen molar-refractivity contribution in [2.24, 2.45) is 0 Å². The van der Waals surface area contributed by atoms with Crippen LogP contribution in [-0.2, 0) is 6.54 Å². The largest absolute Gasteiger partial charge is 0.496 e. The van der Waals surface area contributed by atoms with Gasteiger partial charge in [0, 0.05) is 24.7 Å². The summed E-state index contributed by atoms with van der Waals surface area (Å²) in [7, 11) is 1.74. The Balaban J connectivity index is 1.50. The fourth-order valence-electron chi connectivity index (χ4n) is 4.56. The molecule has 0 radical (unpaired) electrons. The van der Waals surface area contributed by atoms with Crippen LogP contribution in [0.2, 0.25) is 0 Å². The smallest absolute Gasteiger partial charge is 0.123 e. The molecular formula is C28H32N2O. The average molecular weight is 413 g/mol. The molecule has 1 N–H and O–H groups in total. The molecule has 1 heterocycles. The summed E-state index contributed by atoms with van der Waals surface area (Å²) in [6.45, 7) is 2.87. The summed E-state index contributed by atoms with van der Waals surface area (Å²) < 4.78 is 5.55. The third-order valence-electron chi connectivity index (χ3n) is 6.07. The summed E-state index contributed by atoms with van der Waals surface area (Å²) in [5, 5.41) is 3.85. The summed E-state index contributed by atoms with van der Waals surface area (Å²) in [5.41, 5.74) is 3.84. The van der Waals surface area contributed by atoms with Gasteiger partial charge < -0.3 is 10.1 Å². The Morgan fingerprint density at radius 3 is 2.42 bits per heavy atom. The number of ether oxygens (including phenoxy) is 1. The van der Waals surface area contributed by atoms with Gasteiger partial charge in [0.15, 0.2) is 0 Å². The molecule has 160 valence electrons. The summed E-state index contributed by atoms with van der Waals surface area (Å²) in [6, 6.07) is 30.5. The minimum Gasteiger partial charge on any atom is -0.496 e. The number of hydrogen-bond acceptors (Lipinski definition) is 3. The van der Waals surface area contributed by atoms with Crippen molar-refractivity contribution in [2.75, 3.05) is 20.2 Å². The van der Waals surface area contributed by atoms with Crippen LogP contribution in [-0.4, -0.2) is 31.1 Å². The number of benzene rings is 3. The van der Waals surface area contributed by atoms with E-state index in [1.165, 1.54) is 29.5 Å². The molecule has 0 saturated carbocycles. The number of nitrogens with zero attached hydrogens (tertiary/aromatic N) is 1. The molecular weight excluding hydrogens is 380 g/mol. The molecule has 0 spiro atoms. The highest BCUT2D eigenvalue weighted by Gasteiger charge is 2.31. The van der Waals surface area contributed by atoms with Crippen molar-refractivity contribution >= 4 is 6.08 Å². The van der Waals surface area contributed by atoms with Gasteiger partial charge in [0.1, 0.15) is 5.75 Å². The maximum absolute atomic E-state index is 5.55. The van der Waals surface area contributed by atoms with Gasteiger partial charge in [-0.05, 0) is 36.6 Å². The lowest BCUT2D eigenvalue weighted by atomic mass is 9.90. The maximum Gasteiger partial charge on any atom is 0.123 e. The van der Waals surface area contributed by atoms with Crippen molar-refractivity contribution in [3.05, 3.63) is 108 Å². The molecule has 1 aliphatic rings. The van der Waals surface area contributed by atoms with Crippen molar-refractivity contribution < 1.29 is 4.74 Å². The molecule has 4 rings (SSSR count). The zero-order chi connectivity index (χ0) is 21.3. The highest BCUT2D eigenvalue weighted by atomic mass is 16.5. The second-order valence-electron chi connectivity index (χ2n) is 8.10. The van der Waals surface area contributed by atoms with Crippen LogP contribution in [0, 0.1) is 0 Å². The van der Waals surface area contributed by atoms with E-state index in [0.29, 0.717) is 12.1 Å². The fraction of sp³-hybridized carbons (Fsp3) is 0.286. The maximum atomic E-state index is 5.55. The topological polar surface area (TPSA) is 24.5 Å². The standard InChI is InChI=1S/C28H32N2O/c1-31-27-19-9-8-17-25(27)22-29-26-18-11-21-30(28(26)24-15-6-3-7-16-24)20-10-14-23-12-4-2-5-13-23/h2-10,12-17,19,26,28-29H,11,18,20-22H2,1H3. The van der Waals surface area contributed by atoms with Crippen LogP contribution in [0.5, 0.6) is 5.75 Å². The number of hydrogen-bond donors (Lipinski definition) is 1. The zero-order valence-electron chi connectivity index (χ0n) is 18.3. The lowest BCUT2D eigenvalue weighted by Gasteiger charge is -2.42. The van der Waals surface area contributed by atoms with Crippen molar-refractivity contribution in [2.45, 2.75) is 31.5 Å². The number of nitrogens with one attached hydrogen (secondary N) is 1. The molecule has 1 aliphatic heterocycles. The van der Waals surface area contributed by atoms with E-state index in [4.69, 9.17) is 4.74 Å². The Labute approximate surface area is 186 Å². The van der Waals surface area contributed by atoms with E-state index in [9.17, 15) is 0 Å². The number of para-hydroxylation sites is 1. The lowest BCUT2D eigenvalue weighted by molar-refractivity contribution is 0.124. The van der Waals surface area contributed by atoms with Crippen LogP contribution in [0.15, 0.2) is 91.0 Å². The number of methoxy groups -OCH3 is 1. The van der Waals surface area contributed by atoms with Crippen molar-refractivity contribution in [3.8, 4) is 5.75 Å². The van der Waals surface area contributed by atoms with Crippen molar-refractivity contribution in [1.29, 1.82) is 0 Å². The third kappa shape index (κ3) is 5.63. The summed E-state index contributed by atoms with van der Waals surface area (Å²) in [5.74, 6) is 0.949. The summed E-state index contributed by atoms with van der Waals surface area (Å²) in [4.78, 5) is 2.61. The number of piperidine rings is 1. The molecule has 0 aliphatic carbocycles. The first kappa shape index (κ1) is 21.4. The minimum absolute atomic E-state index is 0.352. The molecule has 2 unspecified atom stereocenters. The van der Waals surface area contributed by atoms with Crippen molar-refractivity contribution in [1.82, 2.24) is 10.2 Å². The van der Waals surface area contributed by atoms with Crippen molar-refractivity contribution in [3.63, 3.8) is 0 Å². The Morgan fingerprint density at radius 2 is 1.65 bits per heavy atom. The average Bonchev–Trinajstić information content (AvgIpc) is 2.84. The predicted octanol–water partition coefficient (Wildman–Crippen LogP) is 5.70.